The van der Waals surface area contributed by atoms with E-state index >= 15 is 0 Å². The number of benzene rings is 1. The van der Waals surface area contributed by atoms with E-state index in [0.29, 0.717) is 13.0 Å². The van der Waals surface area contributed by atoms with Crippen molar-refractivity contribution in [3.05, 3.63) is 39.2 Å². The zero-order valence-corrected chi connectivity index (χ0v) is 14.0. The Morgan fingerprint density at radius 3 is 2.83 bits per heavy atom. The van der Waals surface area contributed by atoms with E-state index in [0.717, 1.165) is 48.9 Å². The Hall–Kier alpha value is -2.30. The van der Waals surface area contributed by atoms with E-state index in [1.165, 1.54) is 30.2 Å². The fraction of sp³-hybridized carbons (Fsp3) is 0.474. The van der Waals surface area contributed by atoms with Gasteiger partial charge in [-0.2, -0.15) is 0 Å². The lowest BCUT2D eigenvalue weighted by atomic mass is 9.89. The lowest BCUT2D eigenvalue weighted by Crippen LogP contribution is -2.34. The minimum Gasteiger partial charge on any atom is -0.422 e. The number of nitrogens with zero attached hydrogens (tertiary/aromatic N) is 1. The summed E-state index contributed by atoms with van der Waals surface area (Å²) in [7, 11) is 0. The van der Waals surface area contributed by atoms with Crippen LogP contribution in [0.25, 0.3) is 11.0 Å². The lowest BCUT2D eigenvalue weighted by molar-refractivity contribution is -0.118. The van der Waals surface area contributed by atoms with Crippen molar-refractivity contribution in [2.75, 3.05) is 24.5 Å². The molecule has 2 aromatic rings. The minimum absolute atomic E-state index is 0.0506. The van der Waals surface area contributed by atoms with Crippen molar-refractivity contribution >= 4 is 22.6 Å². The second kappa shape index (κ2) is 5.96. The first-order chi connectivity index (χ1) is 11.6. The highest BCUT2D eigenvalue weighted by atomic mass is 16.4. The van der Waals surface area contributed by atoms with Crippen LogP contribution >= 0.6 is 0 Å². The van der Waals surface area contributed by atoms with E-state index in [9.17, 15) is 9.59 Å². The highest BCUT2D eigenvalue weighted by Crippen LogP contribution is 2.40. The third-order valence-corrected chi connectivity index (χ3v) is 5.08. The molecule has 3 heterocycles. The van der Waals surface area contributed by atoms with Crippen LogP contribution in [-0.4, -0.2) is 25.5 Å². The van der Waals surface area contributed by atoms with Crippen molar-refractivity contribution in [2.45, 2.75) is 39.0 Å². The maximum Gasteiger partial charge on any atom is 0.336 e. The van der Waals surface area contributed by atoms with Crippen LogP contribution in [0.2, 0.25) is 0 Å². The lowest BCUT2D eigenvalue weighted by Gasteiger charge is -2.37. The van der Waals surface area contributed by atoms with Crippen LogP contribution in [0, 0.1) is 0 Å². The normalized spacial score (nSPS) is 16.1. The van der Waals surface area contributed by atoms with Crippen molar-refractivity contribution in [1.82, 2.24) is 5.32 Å². The number of amides is 1. The standard InChI is InChI=1S/C19H22N2O3/c1-12(22)20-7-6-13-11-17(23)24-19-15-5-3-9-21-8-2-4-14(18(15)21)10-16(13)19/h10-11H,2-9H2,1H3,(H,20,22). The Bertz CT molecular complexity index is 867. The fourth-order valence-electron chi connectivity index (χ4n) is 4.12. The van der Waals surface area contributed by atoms with E-state index < -0.39 is 0 Å². The van der Waals surface area contributed by atoms with E-state index in [1.54, 1.807) is 6.07 Å². The molecule has 0 saturated carbocycles. The van der Waals surface area contributed by atoms with Crippen molar-refractivity contribution in [3.8, 4) is 0 Å². The molecule has 0 bridgehead atoms. The molecule has 1 aromatic heterocycles. The van der Waals surface area contributed by atoms with E-state index in [1.807, 2.05) is 0 Å². The number of aryl methyl sites for hydroxylation is 2. The molecule has 0 atom stereocenters. The van der Waals surface area contributed by atoms with Crippen LogP contribution in [0.15, 0.2) is 21.3 Å². The zero-order valence-electron chi connectivity index (χ0n) is 14.0. The smallest absolute Gasteiger partial charge is 0.336 e. The van der Waals surface area contributed by atoms with Crippen molar-refractivity contribution in [2.24, 2.45) is 0 Å². The molecule has 0 spiro atoms. The number of hydrogen-bond donors (Lipinski definition) is 1. The molecular formula is C19H22N2O3. The van der Waals surface area contributed by atoms with Crippen molar-refractivity contribution in [1.29, 1.82) is 0 Å². The monoisotopic (exact) mass is 326 g/mol. The highest BCUT2D eigenvalue weighted by molar-refractivity contribution is 5.90. The maximum absolute atomic E-state index is 12.1. The summed E-state index contributed by atoms with van der Waals surface area (Å²) >= 11 is 0. The van der Waals surface area contributed by atoms with E-state index in [4.69, 9.17) is 4.42 Å². The Morgan fingerprint density at radius 1 is 1.25 bits per heavy atom. The fourth-order valence-corrected chi connectivity index (χ4v) is 4.12. The van der Waals surface area contributed by atoms with Gasteiger partial charge in [0.1, 0.15) is 5.58 Å². The Kier molecular flexibility index (Phi) is 3.79. The number of carbonyl (C=O) groups excluding carboxylic acids is 1. The first kappa shape index (κ1) is 15.2. The largest absolute Gasteiger partial charge is 0.422 e. The molecule has 0 unspecified atom stereocenters. The van der Waals surface area contributed by atoms with E-state index in [-0.39, 0.29) is 11.5 Å². The summed E-state index contributed by atoms with van der Waals surface area (Å²) in [5.74, 6) is -0.0506. The minimum atomic E-state index is -0.301. The summed E-state index contributed by atoms with van der Waals surface area (Å²) < 4.78 is 5.63. The molecule has 0 saturated heterocycles. The average molecular weight is 326 g/mol. The van der Waals surface area contributed by atoms with Gasteiger partial charge in [0.05, 0.1) is 0 Å². The van der Waals surface area contributed by atoms with Gasteiger partial charge in [-0.1, -0.05) is 0 Å². The zero-order chi connectivity index (χ0) is 16.7. The molecule has 1 N–H and O–H groups in total. The molecule has 0 radical (unpaired) electrons. The summed E-state index contributed by atoms with van der Waals surface area (Å²) in [5, 5.41) is 3.85. The third-order valence-electron chi connectivity index (χ3n) is 5.08. The Labute approximate surface area is 140 Å². The molecule has 1 amide bonds. The van der Waals surface area contributed by atoms with Gasteiger partial charge in [-0.3, -0.25) is 4.79 Å². The van der Waals surface area contributed by atoms with Gasteiger partial charge in [-0.15, -0.1) is 0 Å². The topological polar surface area (TPSA) is 62.6 Å². The highest BCUT2D eigenvalue weighted by Gasteiger charge is 2.27. The summed E-state index contributed by atoms with van der Waals surface area (Å²) in [4.78, 5) is 25.6. The molecule has 5 nitrogen and oxygen atoms in total. The van der Waals surface area contributed by atoms with Crippen LogP contribution in [0.4, 0.5) is 5.69 Å². The van der Waals surface area contributed by atoms with Crippen LogP contribution in [0.3, 0.4) is 0 Å². The number of fused-ring (bicyclic) bond motifs is 2. The van der Waals surface area contributed by atoms with Gasteiger partial charge in [-0.05, 0) is 49.3 Å². The predicted octanol–water partition coefficient (Wildman–Crippen LogP) is 2.17. The van der Waals surface area contributed by atoms with E-state index in [2.05, 4.69) is 16.3 Å². The first-order valence-corrected chi connectivity index (χ1v) is 8.74. The quantitative estimate of drug-likeness (QED) is 0.878. The van der Waals surface area contributed by atoms with Gasteiger partial charge >= 0.3 is 5.63 Å². The Morgan fingerprint density at radius 2 is 2.04 bits per heavy atom. The molecule has 5 heteroatoms. The van der Waals surface area contributed by atoms with Gasteiger partial charge in [0.2, 0.25) is 5.91 Å². The number of carbonyl (C=O) groups is 1. The first-order valence-electron chi connectivity index (χ1n) is 8.74. The molecule has 126 valence electrons. The van der Waals surface area contributed by atoms with Gasteiger partial charge in [0.15, 0.2) is 0 Å². The molecule has 0 fully saturated rings. The molecule has 1 aromatic carbocycles. The SMILES string of the molecule is CC(=O)NCCc1cc(=O)oc2c3c4c(cc12)CCCN4CCC3. The maximum atomic E-state index is 12.1. The van der Waals surface area contributed by atoms with Gasteiger partial charge in [0.25, 0.3) is 0 Å². The van der Waals surface area contributed by atoms with Gasteiger partial charge < -0.3 is 14.6 Å². The van der Waals surface area contributed by atoms with Crippen LogP contribution in [-0.2, 0) is 24.1 Å². The third kappa shape index (κ3) is 2.58. The molecule has 24 heavy (non-hydrogen) atoms. The van der Waals surface area contributed by atoms with Crippen LogP contribution < -0.4 is 15.8 Å². The summed E-state index contributed by atoms with van der Waals surface area (Å²) in [6.07, 6.45) is 4.97. The number of nitrogens with one attached hydrogen (secondary N) is 1. The second-order valence-corrected chi connectivity index (χ2v) is 6.76. The molecular weight excluding hydrogens is 304 g/mol. The van der Waals surface area contributed by atoms with Gasteiger partial charge in [0, 0.05) is 49.3 Å². The second-order valence-electron chi connectivity index (χ2n) is 6.76. The molecule has 0 aliphatic carbocycles. The van der Waals surface area contributed by atoms with Crippen LogP contribution in [0.1, 0.15) is 36.5 Å². The number of hydrogen-bond acceptors (Lipinski definition) is 4. The molecule has 2 aliphatic heterocycles. The summed E-state index contributed by atoms with van der Waals surface area (Å²) in [6.45, 7) is 4.23. The predicted molar refractivity (Wildman–Crippen MR) is 93.7 cm³/mol. The molecule has 2 aliphatic rings. The average Bonchev–Trinajstić information content (AvgIpc) is 2.56. The summed E-state index contributed by atoms with van der Waals surface area (Å²) in [6, 6.07) is 3.78. The summed E-state index contributed by atoms with van der Waals surface area (Å²) in [5.41, 5.74) is 5.30. The molecule has 4 rings (SSSR count). The van der Waals surface area contributed by atoms with Crippen LogP contribution in [0.5, 0.6) is 0 Å². The van der Waals surface area contributed by atoms with Crippen molar-refractivity contribution in [3.63, 3.8) is 0 Å². The Balaban J connectivity index is 1.86. The van der Waals surface area contributed by atoms with Crippen molar-refractivity contribution < 1.29 is 9.21 Å². The number of rotatable bonds is 3. The number of anilines is 1. The van der Waals surface area contributed by atoms with Gasteiger partial charge in [-0.25, -0.2) is 4.79 Å².